The van der Waals surface area contributed by atoms with Crippen LogP contribution < -0.4 is 29.6 Å². The summed E-state index contributed by atoms with van der Waals surface area (Å²) in [4.78, 5) is 26.3. The molecule has 0 aromatic heterocycles. The van der Waals surface area contributed by atoms with Gasteiger partial charge in [0.2, 0.25) is 0 Å². The second-order valence-electron chi connectivity index (χ2n) is 13.6. The minimum atomic E-state index is -1.17. The second kappa shape index (κ2) is 23.7. The third-order valence-electron chi connectivity index (χ3n) is 8.29. The zero-order valence-corrected chi connectivity index (χ0v) is 32.6. The average Bonchev–Trinajstić information content (AvgIpc) is 3.17. The van der Waals surface area contributed by atoms with Crippen molar-refractivity contribution in [3.05, 3.63) is 120 Å². The summed E-state index contributed by atoms with van der Waals surface area (Å²) in [5, 5.41) is 6.61. The van der Waals surface area contributed by atoms with Crippen LogP contribution in [-0.4, -0.2) is 63.5 Å². The quantitative estimate of drug-likeness (QED) is 0.0410. The van der Waals surface area contributed by atoms with Crippen LogP contribution in [-0.2, 0) is 19.1 Å². The van der Waals surface area contributed by atoms with E-state index in [1.165, 1.54) is 48.5 Å². The Bertz CT molecular complexity index is 1630. The first kappa shape index (κ1) is 43.5. The highest BCUT2D eigenvalue weighted by atomic mass is 19.1. The van der Waals surface area contributed by atoms with Gasteiger partial charge in [-0.1, -0.05) is 48.5 Å². The van der Waals surface area contributed by atoms with E-state index < -0.39 is 35.8 Å². The first-order chi connectivity index (χ1) is 27.1. The van der Waals surface area contributed by atoms with E-state index in [4.69, 9.17) is 28.4 Å². The number of carbonyl (C=O) groups is 2. The van der Waals surface area contributed by atoms with E-state index in [2.05, 4.69) is 10.6 Å². The topological polar surface area (TPSA) is 114 Å². The first-order valence-electron chi connectivity index (χ1n) is 19.2. The zero-order valence-electron chi connectivity index (χ0n) is 32.6. The van der Waals surface area contributed by atoms with E-state index >= 15 is 0 Å². The van der Waals surface area contributed by atoms with Crippen LogP contribution in [0, 0.1) is 11.6 Å². The molecule has 0 radical (unpaired) electrons. The molecular weight excluding hydrogens is 722 g/mol. The molecule has 0 saturated heterocycles. The van der Waals surface area contributed by atoms with E-state index in [9.17, 15) is 18.4 Å². The Labute approximate surface area is 328 Å². The van der Waals surface area contributed by atoms with Crippen LogP contribution in [0.25, 0.3) is 0 Å². The fourth-order valence-electron chi connectivity index (χ4n) is 5.68. The highest BCUT2D eigenvalue weighted by Gasteiger charge is 2.27. The van der Waals surface area contributed by atoms with Crippen molar-refractivity contribution in [3.63, 3.8) is 0 Å². The lowest BCUT2D eigenvalue weighted by atomic mass is 10.0. The summed E-state index contributed by atoms with van der Waals surface area (Å²) < 4.78 is 62.3. The van der Waals surface area contributed by atoms with Gasteiger partial charge in [0.1, 0.15) is 37.1 Å². The molecule has 56 heavy (non-hydrogen) atoms. The van der Waals surface area contributed by atoms with E-state index in [-0.39, 0.29) is 12.2 Å². The number of nitrogens with one attached hydrogen (secondary N) is 2. The maximum absolute atomic E-state index is 13.8. The molecule has 0 aliphatic rings. The zero-order chi connectivity index (χ0) is 40.1. The largest absolute Gasteiger partial charge is 0.488 e. The Morgan fingerprint density at radius 2 is 0.875 bits per heavy atom. The molecule has 302 valence electrons. The van der Waals surface area contributed by atoms with E-state index in [1.54, 1.807) is 0 Å². The van der Waals surface area contributed by atoms with Gasteiger partial charge in [-0.3, -0.25) is 0 Å². The Kier molecular flexibility index (Phi) is 18.4. The Balaban J connectivity index is 1.25. The van der Waals surface area contributed by atoms with Gasteiger partial charge in [0.25, 0.3) is 0 Å². The van der Waals surface area contributed by atoms with Crippen molar-refractivity contribution in [1.29, 1.82) is 0 Å². The van der Waals surface area contributed by atoms with Crippen molar-refractivity contribution in [2.75, 3.05) is 39.4 Å². The number of ether oxygens (including phenoxy) is 6. The van der Waals surface area contributed by atoms with Gasteiger partial charge in [-0.05, 0) is 126 Å². The van der Waals surface area contributed by atoms with Crippen molar-refractivity contribution in [2.24, 2.45) is 0 Å². The van der Waals surface area contributed by atoms with Crippen LogP contribution in [0.1, 0.15) is 76.7 Å². The monoisotopic (exact) mass is 776 g/mol. The molecule has 0 bridgehead atoms. The first-order valence-corrected chi connectivity index (χ1v) is 19.2. The van der Waals surface area contributed by atoms with Crippen LogP contribution >= 0.6 is 0 Å². The lowest BCUT2D eigenvalue weighted by Crippen LogP contribution is -2.26. The van der Waals surface area contributed by atoms with Crippen molar-refractivity contribution < 1.29 is 46.8 Å². The molecule has 12 heteroatoms. The predicted octanol–water partition coefficient (Wildman–Crippen LogP) is 8.31. The fraction of sp³-hybridized carbons (Fsp3) is 0.409. The van der Waals surface area contributed by atoms with Gasteiger partial charge in [0.05, 0.1) is 12.2 Å². The molecule has 0 saturated carbocycles. The van der Waals surface area contributed by atoms with Gasteiger partial charge in [0, 0.05) is 13.1 Å². The summed E-state index contributed by atoms with van der Waals surface area (Å²) >= 11 is 0. The maximum atomic E-state index is 13.8. The lowest BCUT2D eigenvalue weighted by molar-refractivity contribution is -0.175. The molecule has 2 N–H and O–H groups in total. The number of hydrogen-bond donors (Lipinski definition) is 2. The third kappa shape index (κ3) is 15.5. The number of esters is 2. The number of rotatable bonds is 24. The number of benzene rings is 4. The highest BCUT2D eigenvalue weighted by Crippen LogP contribution is 2.29. The Hall–Kier alpha value is -5.20. The number of para-hydroxylation sites is 4. The van der Waals surface area contributed by atoms with Crippen LogP contribution in [0.15, 0.2) is 97.1 Å². The minimum Gasteiger partial charge on any atom is -0.488 e. The molecule has 0 fully saturated rings. The van der Waals surface area contributed by atoms with Crippen molar-refractivity contribution in [3.8, 4) is 23.0 Å². The normalized spacial score (nSPS) is 12.2. The van der Waals surface area contributed by atoms with Gasteiger partial charge < -0.3 is 39.1 Å². The molecule has 2 unspecified atom stereocenters. The van der Waals surface area contributed by atoms with Gasteiger partial charge in [0.15, 0.2) is 23.0 Å². The Morgan fingerprint density at radius 3 is 1.23 bits per heavy atom. The summed E-state index contributed by atoms with van der Waals surface area (Å²) in [5.41, 5.74) is 1.08. The molecular formula is C44H54F2N2O8. The molecule has 2 atom stereocenters. The fourth-order valence-corrected chi connectivity index (χ4v) is 5.68. The van der Waals surface area contributed by atoms with Gasteiger partial charge >= 0.3 is 11.9 Å². The van der Waals surface area contributed by atoms with Crippen LogP contribution in [0.5, 0.6) is 23.0 Å². The summed E-state index contributed by atoms with van der Waals surface area (Å²) in [7, 11) is 0. The molecule has 4 aromatic rings. The lowest BCUT2D eigenvalue weighted by Gasteiger charge is -2.21. The smallest absolute Gasteiger partial charge is 0.418 e. The minimum absolute atomic E-state index is 0.0178. The van der Waals surface area contributed by atoms with Gasteiger partial charge in [-0.25, -0.2) is 18.4 Å². The summed E-state index contributed by atoms with van der Waals surface area (Å²) in [5.74, 6) is -0.547. The standard InChI is InChI=1S/C44H54F2N2O8/c1-31(2)53-41-13-7-5-11-39(41)51-29-27-47-25-9-15-37(33-17-21-35(45)22-18-33)55-43(49)44(50)56-38(34-19-23-36(46)24-20-34)16-10-26-48-28-30-52-40-12-6-8-14-42(40)54-32(3)4/h5-8,11-14,17-24,31-32,37-38,47-48H,9-10,15-16,25-30H2,1-4H3. The maximum Gasteiger partial charge on any atom is 0.418 e. The molecule has 10 nitrogen and oxygen atoms in total. The third-order valence-corrected chi connectivity index (χ3v) is 8.29. The molecule has 0 aliphatic carbocycles. The van der Waals surface area contributed by atoms with E-state index in [0.717, 1.165) is 0 Å². The van der Waals surface area contributed by atoms with E-state index in [0.29, 0.717) is 99.2 Å². The molecule has 0 spiro atoms. The molecule has 0 aliphatic heterocycles. The highest BCUT2D eigenvalue weighted by molar-refractivity contribution is 6.29. The number of hydrogen-bond acceptors (Lipinski definition) is 10. The van der Waals surface area contributed by atoms with Gasteiger partial charge in [-0.2, -0.15) is 0 Å². The Morgan fingerprint density at radius 1 is 0.518 bits per heavy atom. The predicted molar refractivity (Wildman–Crippen MR) is 210 cm³/mol. The molecule has 4 aromatic carbocycles. The summed E-state index contributed by atoms with van der Waals surface area (Å²) in [6.45, 7) is 10.9. The van der Waals surface area contributed by atoms with Crippen molar-refractivity contribution >= 4 is 11.9 Å². The number of halogens is 2. The van der Waals surface area contributed by atoms with Crippen LogP contribution in [0.2, 0.25) is 0 Å². The molecule has 4 rings (SSSR count). The van der Waals surface area contributed by atoms with E-state index in [1.807, 2.05) is 76.2 Å². The van der Waals surface area contributed by atoms with Crippen molar-refractivity contribution in [1.82, 2.24) is 10.6 Å². The second-order valence-corrected chi connectivity index (χ2v) is 13.6. The average molecular weight is 777 g/mol. The molecule has 0 amide bonds. The van der Waals surface area contributed by atoms with Crippen LogP contribution in [0.4, 0.5) is 8.78 Å². The van der Waals surface area contributed by atoms with Gasteiger partial charge in [-0.15, -0.1) is 0 Å². The van der Waals surface area contributed by atoms with Crippen molar-refractivity contribution in [2.45, 2.75) is 77.8 Å². The molecule has 0 heterocycles. The summed E-state index contributed by atoms with van der Waals surface area (Å²) in [6.07, 6.45) is 0.251. The SMILES string of the molecule is CC(C)Oc1ccccc1OCCNCCCC(OC(=O)C(=O)OC(CCCNCCOc1ccccc1OC(C)C)c1ccc(F)cc1)c1ccc(F)cc1. The van der Waals surface area contributed by atoms with Crippen LogP contribution in [0.3, 0.4) is 0 Å². The number of carbonyl (C=O) groups excluding carboxylic acids is 2. The summed E-state index contributed by atoms with van der Waals surface area (Å²) in [6, 6.07) is 26.2.